The number of halogens is 3. The van der Waals surface area contributed by atoms with Gasteiger partial charge in [0.25, 0.3) is 5.91 Å². The molecule has 4 rings (SSSR count). The molecule has 1 heterocycles. The Bertz CT molecular complexity index is 778. The maximum Gasteiger partial charge on any atom is 0.271 e. The van der Waals surface area contributed by atoms with Crippen LogP contribution in [0.3, 0.4) is 0 Å². The fourth-order valence-electron chi connectivity index (χ4n) is 4.20. The Morgan fingerprint density at radius 2 is 1.93 bits per heavy atom. The van der Waals surface area contributed by atoms with Crippen molar-refractivity contribution in [1.82, 2.24) is 15.7 Å². The average Bonchev–Trinajstić information content (AvgIpc) is 3.50. The Balaban J connectivity index is 1.51. The first-order chi connectivity index (χ1) is 14.4. The van der Waals surface area contributed by atoms with Gasteiger partial charge in [0.2, 0.25) is 6.43 Å². The summed E-state index contributed by atoms with van der Waals surface area (Å²) in [5.74, 6) is -1.22. The van der Waals surface area contributed by atoms with E-state index in [9.17, 15) is 23.2 Å². The monoisotopic (exact) mass is 427 g/mol. The van der Waals surface area contributed by atoms with E-state index in [-0.39, 0.29) is 23.8 Å². The molecule has 2 saturated carbocycles. The van der Waals surface area contributed by atoms with Crippen LogP contribution in [-0.2, 0) is 0 Å². The van der Waals surface area contributed by atoms with E-state index in [2.05, 4.69) is 5.43 Å². The Labute approximate surface area is 173 Å². The van der Waals surface area contributed by atoms with Crippen LogP contribution in [0.4, 0.5) is 13.2 Å². The lowest BCUT2D eigenvalue weighted by molar-refractivity contribution is -0.292. The Morgan fingerprint density at radius 3 is 2.50 bits per heavy atom. The maximum atomic E-state index is 14.7. The van der Waals surface area contributed by atoms with Crippen LogP contribution in [0.25, 0.3) is 0 Å². The Kier molecular flexibility index (Phi) is 6.22. The lowest BCUT2D eigenvalue weighted by atomic mass is 9.75. The molecule has 1 aliphatic heterocycles. The van der Waals surface area contributed by atoms with Crippen LogP contribution in [0.1, 0.15) is 73.2 Å². The maximum absolute atomic E-state index is 14.7. The lowest BCUT2D eigenvalue weighted by Crippen LogP contribution is -2.56. The van der Waals surface area contributed by atoms with Crippen LogP contribution in [-0.4, -0.2) is 47.5 Å². The van der Waals surface area contributed by atoms with E-state index in [0.29, 0.717) is 36.8 Å². The average molecular weight is 427 g/mol. The predicted octanol–water partition coefficient (Wildman–Crippen LogP) is 4.25. The number of hydrazine groups is 2. The van der Waals surface area contributed by atoms with Crippen LogP contribution in [0.2, 0.25) is 0 Å². The molecule has 30 heavy (non-hydrogen) atoms. The van der Waals surface area contributed by atoms with Gasteiger partial charge in [0.05, 0.1) is 17.6 Å². The molecule has 1 saturated heterocycles. The summed E-state index contributed by atoms with van der Waals surface area (Å²) in [4.78, 5) is 12.5. The molecule has 1 aromatic carbocycles. The molecular weight excluding hydrogens is 399 g/mol. The van der Waals surface area contributed by atoms with Crippen molar-refractivity contribution >= 4 is 5.91 Å². The summed E-state index contributed by atoms with van der Waals surface area (Å²) in [5, 5.41) is 11.9. The van der Waals surface area contributed by atoms with Gasteiger partial charge in [-0.25, -0.2) is 18.6 Å². The Morgan fingerprint density at radius 1 is 1.23 bits per heavy atom. The molecular formula is C21H28F3N3O3. The van der Waals surface area contributed by atoms with Gasteiger partial charge in [0.1, 0.15) is 11.6 Å². The van der Waals surface area contributed by atoms with Gasteiger partial charge < -0.3 is 4.74 Å². The first-order valence-electron chi connectivity index (χ1n) is 10.7. The zero-order valence-corrected chi connectivity index (χ0v) is 16.9. The van der Waals surface area contributed by atoms with Crippen LogP contribution in [0, 0.1) is 11.2 Å². The van der Waals surface area contributed by atoms with Crippen LogP contribution in [0.15, 0.2) is 12.1 Å². The minimum absolute atomic E-state index is 0.126. The van der Waals surface area contributed by atoms with Crippen LogP contribution >= 0.6 is 0 Å². The molecule has 3 aliphatic rings. The predicted molar refractivity (Wildman–Crippen MR) is 103 cm³/mol. The number of benzene rings is 1. The highest BCUT2D eigenvalue weighted by atomic mass is 19.3. The summed E-state index contributed by atoms with van der Waals surface area (Å²) >= 11 is 0. The van der Waals surface area contributed by atoms with E-state index >= 15 is 0 Å². The van der Waals surface area contributed by atoms with Gasteiger partial charge in [-0.3, -0.25) is 10.0 Å². The Hall–Kier alpha value is -1.84. The van der Waals surface area contributed by atoms with Gasteiger partial charge in [-0.1, -0.05) is 19.3 Å². The van der Waals surface area contributed by atoms with Crippen molar-refractivity contribution in [3.05, 3.63) is 29.1 Å². The molecule has 0 bridgehead atoms. The molecule has 2 N–H and O–H groups in total. The second-order valence-corrected chi connectivity index (χ2v) is 8.69. The van der Waals surface area contributed by atoms with E-state index < -0.39 is 23.6 Å². The summed E-state index contributed by atoms with van der Waals surface area (Å²) in [6.07, 6.45) is 3.39. The normalized spacial score (nSPS) is 21.5. The molecule has 0 unspecified atom stereocenters. The van der Waals surface area contributed by atoms with Gasteiger partial charge in [0, 0.05) is 19.2 Å². The summed E-state index contributed by atoms with van der Waals surface area (Å²) in [6.45, 7) is 1.05. The van der Waals surface area contributed by atoms with Crippen molar-refractivity contribution in [3.63, 3.8) is 0 Å². The number of nitrogens with one attached hydrogen (secondary N) is 1. The van der Waals surface area contributed by atoms with E-state index in [0.717, 1.165) is 44.6 Å². The van der Waals surface area contributed by atoms with Crippen molar-refractivity contribution in [3.8, 4) is 5.75 Å². The van der Waals surface area contributed by atoms with Gasteiger partial charge in [0.15, 0.2) is 0 Å². The molecule has 9 heteroatoms. The number of rotatable bonds is 8. The van der Waals surface area contributed by atoms with E-state index in [4.69, 9.17) is 4.74 Å². The van der Waals surface area contributed by atoms with Gasteiger partial charge >= 0.3 is 0 Å². The molecule has 0 spiro atoms. The molecule has 3 fully saturated rings. The standard InChI is InChI=1S/C21H28F3N3O3/c22-17-12-18(30-13-21(20(23)24)7-2-1-3-8-21)15(14-5-6-14)11-16(17)19(28)25-27(29)26-9-4-10-26/h11-12,14,20,29H,1-10,13H2,(H,25,28). The number of alkyl halides is 2. The minimum Gasteiger partial charge on any atom is -0.492 e. The molecule has 1 aromatic rings. The third-order valence-electron chi connectivity index (χ3n) is 6.49. The van der Waals surface area contributed by atoms with Crippen molar-refractivity contribution in [2.75, 3.05) is 19.7 Å². The van der Waals surface area contributed by atoms with Crippen LogP contribution < -0.4 is 10.2 Å². The highest BCUT2D eigenvalue weighted by Gasteiger charge is 2.42. The summed E-state index contributed by atoms with van der Waals surface area (Å²) in [6, 6.07) is 2.55. The molecule has 166 valence electrons. The fourth-order valence-corrected chi connectivity index (χ4v) is 4.20. The molecule has 0 radical (unpaired) electrons. The second-order valence-electron chi connectivity index (χ2n) is 8.69. The highest BCUT2D eigenvalue weighted by molar-refractivity contribution is 5.94. The van der Waals surface area contributed by atoms with Crippen molar-refractivity contribution in [2.24, 2.45) is 5.41 Å². The zero-order valence-electron chi connectivity index (χ0n) is 16.9. The first kappa shape index (κ1) is 21.4. The number of nitrogens with zero attached hydrogens (tertiary/aromatic N) is 2. The summed E-state index contributed by atoms with van der Waals surface area (Å²) in [5.41, 5.74) is 1.51. The van der Waals surface area contributed by atoms with Gasteiger partial charge in [-0.2, -0.15) is 5.01 Å². The molecule has 1 amide bonds. The smallest absolute Gasteiger partial charge is 0.271 e. The molecule has 0 atom stereocenters. The summed E-state index contributed by atoms with van der Waals surface area (Å²) < 4.78 is 48.1. The van der Waals surface area contributed by atoms with Crippen LogP contribution in [0.5, 0.6) is 5.75 Å². The number of carbonyl (C=O) groups is 1. The second kappa shape index (κ2) is 8.72. The highest BCUT2D eigenvalue weighted by Crippen LogP contribution is 2.47. The zero-order chi connectivity index (χ0) is 21.3. The van der Waals surface area contributed by atoms with Crippen molar-refractivity contribution in [2.45, 2.75) is 63.7 Å². The number of hydrogen-bond donors (Lipinski definition) is 2. The fraction of sp³-hybridized carbons (Fsp3) is 0.667. The lowest BCUT2D eigenvalue weighted by Gasteiger charge is -2.36. The van der Waals surface area contributed by atoms with Crippen molar-refractivity contribution in [1.29, 1.82) is 0 Å². The topological polar surface area (TPSA) is 65.0 Å². The largest absolute Gasteiger partial charge is 0.492 e. The minimum atomic E-state index is -2.49. The van der Waals surface area contributed by atoms with E-state index in [1.807, 2.05) is 0 Å². The third-order valence-corrected chi connectivity index (χ3v) is 6.49. The van der Waals surface area contributed by atoms with Crippen molar-refractivity contribution < 1.29 is 27.9 Å². The SMILES string of the molecule is O=C(NN(O)N1CCC1)c1cc(C2CC2)c(OCC2(C(F)F)CCCCC2)cc1F. The third kappa shape index (κ3) is 4.43. The number of ether oxygens (including phenoxy) is 1. The molecule has 6 nitrogen and oxygen atoms in total. The quantitative estimate of drug-likeness (QED) is 0.607. The number of amides is 1. The number of hydrogen-bond acceptors (Lipinski definition) is 5. The number of carbonyl (C=O) groups excluding carboxylic acids is 1. The van der Waals surface area contributed by atoms with Gasteiger partial charge in [-0.15, -0.1) is 0 Å². The van der Waals surface area contributed by atoms with E-state index in [1.165, 1.54) is 11.1 Å². The van der Waals surface area contributed by atoms with E-state index in [1.54, 1.807) is 0 Å². The molecule has 0 aromatic heterocycles. The first-order valence-corrected chi connectivity index (χ1v) is 10.7. The summed E-state index contributed by atoms with van der Waals surface area (Å²) in [7, 11) is 0. The molecule has 2 aliphatic carbocycles. The van der Waals surface area contributed by atoms with Gasteiger partial charge in [-0.05, 0) is 54.9 Å².